The Morgan fingerprint density at radius 2 is 1.90 bits per heavy atom. The topological polar surface area (TPSA) is 9.23 Å². The molecule has 0 saturated carbocycles. The fourth-order valence-corrected chi connectivity index (χ4v) is 0.646. The molecule has 1 saturated heterocycles. The molecule has 0 atom stereocenters. The summed E-state index contributed by atoms with van der Waals surface area (Å²) in [5.41, 5.74) is 0. The quantitative estimate of drug-likeness (QED) is 0.508. The Hall–Kier alpha value is -0.560. The smallest absolute Gasteiger partial charge is 0.0466 e. The van der Waals surface area contributed by atoms with Gasteiger partial charge in [-0.2, -0.15) is 0 Å². The number of rotatable bonds is 1. The van der Waals surface area contributed by atoms with Crippen molar-refractivity contribution in [3.63, 3.8) is 0 Å². The van der Waals surface area contributed by atoms with Crippen LogP contribution in [0.3, 0.4) is 0 Å². The zero-order valence-electron chi connectivity index (χ0n) is 6.68. The highest BCUT2D eigenvalue weighted by molar-refractivity contribution is 4.94. The van der Waals surface area contributed by atoms with Crippen LogP contribution in [0.5, 0.6) is 0 Å². The van der Waals surface area contributed by atoms with Crippen molar-refractivity contribution < 1.29 is 4.74 Å². The van der Waals surface area contributed by atoms with Gasteiger partial charge in [0.25, 0.3) is 0 Å². The molecule has 10 heavy (non-hydrogen) atoms. The fourth-order valence-electron chi connectivity index (χ4n) is 0.646. The van der Waals surface area contributed by atoms with Crippen molar-refractivity contribution >= 4 is 0 Å². The molecule has 1 nitrogen and oxygen atoms in total. The van der Waals surface area contributed by atoms with Crippen LogP contribution >= 0.6 is 0 Å². The van der Waals surface area contributed by atoms with E-state index >= 15 is 0 Å². The van der Waals surface area contributed by atoms with Gasteiger partial charge in [-0.3, -0.25) is 0 Å². The molecule has 0 bridgehead atoms. The Morgan fingerprint density at radius 3 is 2.00 bits per heavy atom. The van der Waals surface area contributed by atoms with Crippen molar-refractivity contribution in [2.45, 2.75) is 19.8 Å². The van der Waals surface area contributed by atoms with Crippen LogP contribution in [0.15, 0.2) is 24.8 Å². The van der Waals surface area contributed by atoms with Gasteiger partial charge in [0.1, 0.15) is 0 Å². The standard InChI is InChI=1S/C5H8.C4H8O/c1-3-5-4-2;1-2-4-5-3-1/h3-5H,1H2,2H3;1-4H2. The third-order valence-electron chi connectivity index (χ3n) is 1.16. The first-order chi connectivity index (χ1) is 4.91. The van der Waals surface area contributed by atoms with E-state index in [9.17, 15) is 0 Å². The van der Waals surface area contributed by atoms with Gasteiger partial charge in [-0.25, -0.2) is 0 Å². The van der Waals surface area contributed by atoms with Gasteiger partial charge in [-0.15, -0.1) is 0 Å². The molecule has 1 heteroatoms. The molecular weight excluding hydrogens is 124 g/mol. The highest BCUT2D eigenvalue weighted by atomic mass is 16.5. The van der Waals surface area contributed by atoms with Crippen LogP contribution in [0.2, 0.25) is 0 Å². The Kier molecular flexibility index (Phi) is 7.97. The van der Waals surface area contributed by atoms with Crippen LogP contribution in [0.1, 0.15) is 19.8 Å². The minimum absolute atomic E-state index is 1.00. The van der Waals surface area contributed by atoms with Gasteiger partial charge in [0.2, 0.25) is 0 Å². The molecule has 0 amide bonds. The van der Waals surface area contributed by atoms with Crippen molar-refractivity contribution in [1.29, 1.82) is 0 Å². The zero-order valence-corrected chi connectivity index (χ0v) is 6.68. The monoisotopic (exact) mass is 140 g/mol. The SMILES string of the molecule is C1CCOC1.C=CC=CC. The van der Waals surface area contributed by atoms with Gasteiger partial charge >= 0.3 is 0 Å². The maximum Gasteiger partial charge on any atom is 0.0466 e. The molecule has 0 aromatic rings. The van der Waals surface area contributed by atoms with Gasteiger partial charge in [-0.1, -0.05) is 24.8 Å². The van der Waals surface area contributed by atoms with E-state index in [1.54, 1.807) is 6.08 Å². The second-order valence-electron chi connectivity index (χ2n) is 2.08. The number of hydrogen-bond acceptors (Lipinski definition) is 1. The summed E-state index contributed by atoms with van der Waals surface area (Å²) < 4.78 is 4.94. The third kappa shape index (κ3) is 7.44. The van der Waals surface area contributed by atoms with E-state index in [4.69, 9.17) is 4.74 Å². The van der Waals surface area contributed by atoms with Crippen LogP contribution < -0.4 is 0 Å². The summed E-state index contributed by atoms with van der Waals surface area (Å²) in [5, 5.41) is 0. The van der Waals surface area contributed by atoms with Crippen molar-refractivity contribution in [3.05, 3.63) is 24.8 Å². The second-order valence-corrected chi connectivity index (χ2v) is 2.08. The van der Waals surface area contributed by atoms with Crippen LogP contribution in [0.4, 0.5) is 0 Å². The highest BCUT2D eigenvalue weighted by Gasteiger charge is 1.94. The van der Waals surface area contributed by atoms with E-state index in [1.807, 2.05) is 19.1 Å². The Bertz CT molecular complexity index is 83.3. The molecule has 1 aliphatic rings. The first-order valence-corrected chi connectivity index (χ1v) is 3.73. The molecule has 1 aliphatic heterocycles. The second kappa shape index (κ2) is 8.44. The molecule has 0 aromatic carbocycles. The Morgan fingerprint density at radius 1 is 1.30 bits per heavy atom. The molecule has 0 unspecified atom stereocenters. The predicted octanol–water partition coefficient (Wildman–Crippen LogP) is 2.55. The van der Waals surface area contributed by atoms with Crippen LogP contribution in [0, 0.1) is 0 Å². The maximum atomic E-state index is 4.94. The van der Waals surface area contributed by atoms with E-state index < -0.39 is 0 Å². The van der Waals surface area contributed by atoms with Crippen molar-refractivity contribution in [3.8, 4) is 0 Å². The Balaban J connectivity index is 0.000000162. The van der Waals surface area contributed by atoms with Crippen molar-refractivity contribution in [1.82, 2.24) is 0 Å². The Labute approximate surface area is 63.4 Å². The van der Waals surface area contributed by atoms with Gasteiger partial charge < -0.3 is 4.74 Å². The molecule has 0 aromatic heterocycles. The zero-order chi connectivity index (χ0) is 7.66. The molecule has 0 spiro atoms. The maximum absolute atomic E-state index is 4.94. The molecule has 0 N–H and O–H groups in total. The summed E-state index contributed by atoms with van der Waals surface area (Å²) in [5.74, 6) is 0. The minimum atomic E-state index is 1.00. The molecule has 1 heterocycles. The highest BCUT2D eigenvalue weighted by Crippen LogP contribution is 1.98. The van der Waals surface area contributed by atoms with Gasteiger partial charge in [-0.05, 0) is 19.8 Å². The lowest BCUT2D eigenvalue weighted by Crippen LogP contribution is -1.74. The number of ether oxygens (including phenoxy) is 1. The van der Waals surface area contributed by atoms with E-state index in [1.165, 1.54) is 12.8 Å². The lowest BCUT2D eigenvalue weighted by molar-refractivity contribution is 0.198. The first kappa shape index (κ1) is 9.44. The van der Waals surface area contributed by atoms with Gasteiger partial charge in [0, 0.05) is 13.2 Å². The summed E-state index contributed by atoms with van der Waals surface area (Å²) in [4.78, 5) is 0. The average molecular weight is 140 g/mol. The third-order valence-corrected chi connectivity index (χ3v) is 1.16. The van der Waals surface area contributed by atoms with E-state index in [-0.39, 0.29) is 0 Å². The van der Waals surface area contributed by atoms with Gasteiger partial charge in [0.15, 0.2) is 0 Å². The summed E-state index contributed by atoms with van der Waals surface area (Å²) in [6.07, 6.45) is 8.13. The molecule has 0 aliphatic carbocycles. The van der Waals surface area contributed by atoms with Crippen molar-refractivity contribution in [2.75, 3.05) is 13.2 Å². The van der Waals surface area contributed by atoms with E-state index in [0.29, 0.717) is 0 Å². The molecule has 1 rings (SSSR count). The fraction of sp³-hybridized carbons (Fsp3) is 0.556. The van der Waals surface area contributed by atoms with Gasteiger partial charge in [0.05, 0.1) is 0 Å². The lowest BCUT2D eigenvalue weighted by atomic mass is 10.4. The molecular formula is C9H16O. The number of allylic oxidation sites excluding steroid dienone is 3. The van der Waals surface area contributed by atoms with Crippen LogP contribution in [-0.2, 0) is 4.74 Å². The summed E-state index contributed by atoms with van der Waals surface area (Å²) in [6.45, 7) is 7.42. The normalized spacial score (nSPS) is 16.5. The van der Waals surface area contributed by atoms with Crippen LogP contribution in [-0.4, -0.2) is 13.2 Å². The molecule has 0 radical (unpaired) electrons. The largest absolute Gasteiger partial charge is 0.381 e. The predicted molar refractivity (Wildman–Crippen MR) is 45.1 cm³/mol. The van der Waals surface area contributed by atoms with Crippen molar-refractivity contribution in [2.24, 2.45) is 0 Å². The summed E-state index contributed by atoms with van der Waals surface area (Å²) in [7, 11) is 0. The minimum Gasteiger partial charge on any atom is -0.381 e. The van der Waals surface area contributed by atoms with Crippen LogP contribution in [0.25, 0.3) is 0 Å². The first-order valence-electron chi connectivity index (χ1n) is 3.73. The summed E-state index contributed by atoms with van der Waals surface area (Å²) in [6, 6.07) is 0. The molecule has 1 fully saturated rings. The molecule has 58 valence electrons. The van der Waals surface area contributed by atoms with E-state index in [0.717, 1.165) is 13.2 Å². The lowest BCUT2D eigenvalue weighted by Gasteiger charge is -1.76. The summed E-state index contributed by atoms with van der Waals surface area (Å²) >= 11 is 0. The number of hydrogen-bond donors (Lipinski definition) is 0. The van der Waals surface area contributed by atoms with E-state index in [2.05, 4.69) is 6.58 Å². The average Bonchev–Trinajstić information content (AvgIpc) is 2.44.